The summed E-state index contributed by atoms with van der Waals surface area (Å²) < 4.78 is 5.30. The lowest BCUT2D eigenvalue weighted by Gasteiger charge is -2.18. The van der Waals surface area contributed by atoms with Gasteiger partial charge in [-0.3, -0.25) is 4.79 Å². The average Bonchev–Trinajstić information content (AvgIpc) is 2.77. The molecule has 0 unspecified atom stereocenters. The summed E-state index contributed by atoms with van der Waals surface area (Å²) in [5.74, 6) is -0.0348. The van der Waals surface area contributed by atoms with Crippen molar-refractivity contribution in [2.24, 2.45) is 5.73 Å². The third-order valence-corrected chi connectivity index (χ3v) is 4.24. The Morgan fingerprint density at radius 2 is 2.00 bits per heavy atom. The van der Waals surface area contributed by atoms with Crippen LogP contribution in [0.25, 0.3) is 0 Å². The molecule has 0 aliphatic rings. The van der Waals surface area contributed by atoms with Gasteiger partial charge in [0.2, 0.25) is 0 Å². The maximum absolute atomic E-state index is 11.4. The number of nitrogen functional groups attached to an aromatic ring is 1. The Bertz CT molecular complexity index is 610. The van der Waals surface area contributed by atoms with Gasteiger partial charge < -0.3 is 21.1 Å². The summed E-state index contributed by atoms with van der Waals surface area (Å²) in [5.41, 5.74) is 12.7. The van der Waals surface area contributed by atoms with Crippen molar-refractivity contribution >= 4 is 27.9 Å². The van der Waals surface area contributed by atoms with Crippen LogP contribution in [0.4, 0.5) is 10.7 Å². The fourth-order valence-electron chi connectivity index (χ4n) is 1.98. The van der Waals surface area contributed by atoms with E-state index in [1.807, 2.05) is 42.3 Å². The largest absolute Gasteiger partial charge is 0.492 e. The van der Waals surface area contributed by atoms with Crippen molar-refractivity contribution < 1.29 is 9.53 Å². The van der Waals surface area contributed by atoms with Crippen LogP contribution in [0.15, 0.2) is 30.3 Å². The molecule has 0 spiro atoms. The van der Waals surface area contributed by atoms with Gasteiger partial charge >= 0.3 is 0 Å². The van der Waals surface area contributed by atoms with E-state index in [4.69, 9.17) is 16.2 Å². The first-order valence-electron chi connectivity index (χ1n) is 6.05. The quantitative estimate of drug-likeness (QED) is 0.883. The van der Waals surface area contributed by atoms with Crippen molar-refractivity contribution in [1.82, 2.24) is 0 Å². The summed E-state index contributed by atoms with van der Waals surface area (Å²) >= 11 is 1.25. The Labute approximate surface area is 121 Å². The van der Waals surface area contributed by atoms with Crippen LogP contribution < -0.4 is 21.1 Å². The second-order valence-corrected chi connectivity index (χ2v) is 5.39. The molecule has 0 bridgehead atoms. The van der Waals surface area contributed by atoms with E-state index >= 15 is 0 Å². The molecular formula is C14H17N3O2S. The molecule has 0 radical (unpaired) electrons. The molecule has 0 aliphatic heterocycles. The van der Waals surface area contributed by atoms with Gasteiger partial charge in [0.05, 0.1) is 7.11 Å². The van der Waals surface area contributed by atoms with Gasteiger partial charge in [-0.05, 0) is 5.56 Å². The van der Waals surface area contributed by atoms with E-state index in [1.165, 1.54) is 18.4 Å². The summed E-state index contributed by atoms with van der Waals surface area (Å²) in [6.45, 7) is 0.690. The Morgan fingerprint density at radius 3 is 2.55 bits per heavy atom. The predicted molar refractivity (Wildman–Crippen MR) is 82.4 cm³/mol. The van der Waals surface area contributed by atoms with Crippen molar-refractivity contribution in [2.75, 3.05) is 24.8 Å². The average molecular weight is 291 g/mol. The summed E-state index contributed by atoms with van der Waals surface area (Å²) in [5, 5.41) is 0.794. The third kappa shape index (κ3) is 2.70. The zero-order chi connectivity index (χ0) is 14.7. The summed E-state index contributed by atoms with van der Waals surface area (Å²) in [6.07, 6.45) is 0. The molecule has 1 amide bonds. The van der Waals surface area contributed by atoms with Crippen molar-refractivity contribution in [1.29, 1.82) is 0 Å². The normalized spacial score (nSPS) is 10.3. The fourth-order valence-corrected chi connectivity index (χ4v) is 2.98. The molecule has 106 valence electrons. The van der Waals surface area contributed by atoms with Crippen molar-refractivity contribution in [2.45, 2.75) is 6.54 Å². The van der Waals surface area contributed by atoms with Crippen LogP contribution >= 0.6 is 11.3 Å². The predicted octanol–water partition coefficient (Wildman–Crippen LogP) is 2.07. The number of thiophene rings is 1. The van der Waals surface area contributed by atoms with Crippen molar-refractivity contribution in [3.05, 3.63) is 40.8 Å². The molecule has 0 atom stereocenters. The molecule has 1 aromatic heterocycles. The number of ether oxygens (including phenoxy) is 1. The van der Waals surface area contributed by atoms with Gasteiger partial charge in [0.1, 0.15) is 15.6 Å². The number of carbonyl (C=O) groups excluding carboxylic acids is 1. The van der Waals surface area contributed by atoms with Gasteiger partial charge in [-0.25, -0.2) is 0 Å². The minimum absolute atomic E-state index is 0.305. The Hall–Kier alpha value is -2.21. The van der Waals surface area contributed by atoms with Crippen LogP contribution in [0.1, 0.15) is 15.2 Å². The highest BCUT2D eigenvalue weighted by Crippen LogP contribution is 2.44. The molecule has 2 aromatic rings. The highest BCUT2D eigenvalue weighted by atomic mass is 32.1. The minimum Gasteiger partial charge on any atom is -0.492 e. The number of rotatable bonds is 5. The topological polar surface area (TPSA) is 81.6 Å². The number of amides is 1. The number of nitrogens with two attached hydrogens (primary N) is 2. The van der Waals surface area contributed by atoms with E-state index in [9.17, 15) is 4.79 Å². The molecule has 2 rings (SSSR count). The number of anilines is 2. The number of benzene rings is 1. The first-order chi connectivity index (χ1) is 9.54. The van der Waals surface area contributed by atoms with Crippen LogP contribution in [-0.4, -0.2) is 20.1 Å². The molecule has 5 nitrogen and oxygen atoms in total. The molecule has 1 heterocycles. The molecule has 0 saturated heterocycles. The second kappa shape index (κ2) is 5.83. The highest BCUT2D eigenvalue weighted by Gasteiger charge is 2.22. The van der Waals surface area contributed by atoms with Gasteiger partial charge in [0.25, 0.3) is 5.91 Å². The van der Waals surface area contributed by atoms with Crippen molar-refractivity contribution in [3.63, 3.8) is 0 Å². The van der Waals surface area contributed by atoms with Gasteiger partial charge in [-0.1, -0.05) is 30.3 Å². The summed E-state index contributed by atoms with van der Waals surface area (Å²) in [6, 6.07) is 10.0. The number of carbonyl (C=O) groups is 1. The zero-order valence-corrected chi connectivity index (χ0v) is 12.2. The molecule has 0 saturated carbocycles. The molecule has 4 N–H and O–H groups in total. The monoisotopic (exact) mass is 291 g/mol. The van der Waals surface area contributed by atoms with E-state index in [0.717, 1.165) is 10.6 Å². The van der Waals surface area contributed by atoms with Gasteiger partial charge in [0, 0.05) is 13.6 Å². The van der Waals surface area contributed by atoms with Gasteiger partial charge in [0.15, 0.2) is 5.75 Å². The number of methoxy groups -OCH3 is 1. The zero-order valence-electron chi connectivity index (χ0n) is 11.4. The van der Waals surface area contributed by atoms with Crippen LogP contribution in [-0.2, 0) is 6.54 Å². The molecule has 1 aromatic carbocycles. The minimum atomic E-state index is -0.537. The van der Waals surface area contributed by atoms with Crippen molar-refractivity contribution in [3.8, 4) is 5.75 Å². The summed E-state index contributed by atoms with van der Waals surface area (Å²) in [4.78, 5) is 13.7. The molecular weight excluding hydrogens is 274 g/mol. The molecule has 0 aliphatic carbocycles. The Balaban J connectivity index is 2.32. The second-order valence-electron chi connectivity index (χ2n) is 4.39. The smallest absolute Gasteiger partial charge is 0.261 e. The SMILES string of the molecule is COc1c(N(C)Cc2ccccc2)sc(C(N)=O)c1N. The third-order valence-electron chi connectivity index (χ3n) is 2.92. The standard InChI is InChI=1S/C14H17N3O2S/c1-17(8-9-6-4-3-5-7-9)14-11(19-2)10(15)12(20-14)13(16)18/h3-7H,8,15H2,1-2H3,(H2,16,18). The fraction of sp³-hybridized carbons (Fsp3) is 0.214. The van der Waals surface area contributed by atoms with E-state index in [-0.39, 0.29) is 0 Å². The van der Waals surface area contributed by atoms with E-state index < -0.39 is 5.91 Å². The maximum Gasteiger partial charge on any atom is 0.261 e. The number of hydrogen-bond acceptors (Lipinski definition) is 5. The van der Waals surface area contributed by atoms with Crippen LogP contribution in [0, 0.1) is 0 Å². The molecule has 6 heteroatoms. The summed E-state index contributed by atoms with van der Waals surface area (Å²) in [7, 11) is 3.45. The lowest BCUT2D eigenvalue weighted by molar-refractivity contribution is 0.100. The Kier molecular flexibility index (Phi) is 4.14. The Morgan fingerprint density at radius 1 is 1.35 bits per heavy atom. The molecule has 0 fully saturated rings. The van der Waals surface area contributed by atoms with Gasteiger partial charge in [-0.15, -0.1) is 11.3 Å². The number of nitrogens with zero attached hydrogens (tertiary/aromatic N) is 1. The maximum atomic E-state index is 11.4. The number of hydrogen-bond donors (Lipinski definition) is 2. The van der Waals surface area contributed by atoms with Crippen LogP contribution in [0.5, 0.6) is 5.75 Å². The van der Waals surface area contributed by atoms with Gasteiger partial charge in [-0.2, -0.15) is 0 Å². The first-order valence-corrected chi connectivity index (χ1v) is 6.87. The van der Waals surface area contributed by atoms with Crippen LogP contribution in [0.2, 0.25) is 0 Å². The molecule has 20 heavy (non-hydrogen) atoms. The van der Waals surface area contributed by atoms with E-state index in [2.05, 4.69) is 0 Å². The van der Waals surface area contributed by atoms with Crippen LogP contribution in [0.3, 0.4) is 0 Å². The lowest BCUT2D eigenvalue weighted by Crippen LogP contribution is -2.15. The van der Waals surface area contributed by atoms with E-state index in [0.29, 0.717) is 22.9 Å². The number of primary amides is 1. The lowest BCUT2D eigenvalue weighted by atomic mass is 10.2. The highest BCUT2D eigenvalue weighted by molar-refractivity contribution is 7.19. The van der Waals surface area contributed by atoms with E-state index in [1.54, 1.807) is 0 Å². The first kappa shape index (κ1) is 14.2.